The maximum atomic E-state index is 13.9. The van der Waals surface area contributed by atoms with E-state index >= 15 is 0 Å². The van der Waals surface area contributed by atoms with Crippen molar-refractivity contribution in [3.63, 3.8) is 0 Å². The first kappa shape index (κ1) is 18.5. The first-order chi connectivity index (χ1) is 13.6. The van der Waals surface area contributed by atoms with Crippen LogP contribution in [0.25, 0.3) is 0 Å². The molecule has 4 rings (SSSR count). The highest BCUT2D eigenvalue weighted by Crippen LogP contribution is 2.34. The molecular formula is C22H24FN3O2. The number of nitrogens with zero attached hydrogens (tertiary/aromatic N) is 2. The Hall–Kier alpha value is -2.89. The van der Waals surface area contributed by atoms with E-state index in [-0.39, 0.29) is 24.1 Å². The molecule has 0 saturated carbocycles. The monoisotopic (exact) mass is 381 g/mol. The van der Waals surface area contributed by atoms with Gasteiger partial charge in [-0.3, -0.25) is 4.79 Å². The van der Waals surface area contributed by atoms with Crippen LogP contribution in [0.15, 0.2) is 53.3 Å². The number of amides is 1. The molecule has 0 fully saturated rings. The van der Waals surface area contributed by atoms with E-state index in [2.05, 4.69) is 21.8 Å². The number of benzene rings is 1. The molecule has 5 nitrogen and oxygen atoms in total. The minimum atomic E-state index is -0.301. The van der Waals surface area contributed by atoms with Gasteiger partial charge < -0.3 is 14.3 Å². The average molecular weight is 381 g/mol. The zero-order valence-electron chi connectivity index (χ0n) is 15.9. The number of nitrogens with one attached hydrogen (secondary N) is 1. The maximum Gasteiger partial charge on any atom is 0.221 e. The van der Waals surface area contributed by atoms with Gasteiger partial charge in [-0.15, -0.1) is 0 Å². The molecule has 1 aromatic carbocycles. The van der Waals surface area contributed by atoms with Gasteiger partial charge in [0.15, 0.2) is 0 Å². The van der Waals surface area contributed by atoms with E-state index in [1.807, 2.05) is 18.3 Å². The molecule has 1 aliphatic rings. The third-order valence-electron chi connectivity index (χ3n) is 5.40. The van der Waals surface area contributed by atoms with Gasteiger partial charge in [0.1, 0.15) is 17.4 Å². The molecule has 1 aliphatic heterocycles. The molecule has 1 amide bonds. The summed E-state index contributed by atoms with van der Waals surface area (Å²) >= 11 is 0. The van der Waals surface area contributed by atoms with Gasteiger partial charge in [-0.05, 0) is 49.6 Å². The Morgan fingerprint density at radius 2 is 2.29 bits per heavy atom. The number of carbonyl (C=O) groups is 1. The van der Waals surface area contributed by atoms with E-state index < -0.39 is 0 Å². The normalized spacial score (nSPS) is 17.1. The van der Waals surface area contributed by atoms with Gasteiger partial charge >= 0.3 is 0 Å². The molecule has 1 N–H and O–H groups in total. The summed E-state index contributed by atoms with van der Waals surface area (Å²) in [4.78, 5) is 17.3. The highest BCUT2D eigenvalue weighted by molar-refractivity contribution is 5.77. The van der Waals surface area contributed by atoms with Crippen LogP contribution in [0.2, 0.25) is 0 Å². The fourth-order valence-corrected chi connectivity index (χ4v) is 4.02. The van der Waals surface area contributed by atoms with Crippen LogP contribution in [-0.2, 0) is 17.8 Å². The number of rotatable bonds is 6. The molecule has 0 bridgehead atoms. The molecule has 6 heteroatoms. The Morgan fingerprint density at radius 1 is 1.39 bits per heavy atom. The van der Waals surface area contributed by atoms with Crippen LogP contribution in [0.1, 0.15) is 61.0 Å². The standard InChI is InChI=1S/C22H24FN3O2/c1-15-5-2-9-21-24-14-20(26(15)21)19(16-6-3-7-17(23)11-16)12-22(27)25-13-18-8-4-10-28-18/h3-4,6-8,10-11,14-15,19H,2,5,9,12-13H2,1H3,(H,25,27)/t15-,19-/m1/s1. The summed E-state index contributed by atoms with van der Waals surface area (Å²) in [7, 11) is 0. The van der Waals surface area contributed by atoms with Crippen LogP contribution in [0, 0.1) is 5.82 Å². The fourth-order valence-electron chi connectivity index (χ4n) is 4.02. The van der Waals surface area contributed by atoms with Crippen LogP contribution in [0.4, 0.5) is 4.39 Å². The third-order valence-corrected chi connectivity index (χ3v) is 5.40. The number of halogens is 1. The van der Waals surface area contributed by atoms with Gasteiger partial charge in [0, 0.05) is 36.7 Å². The minimum Gasteiger partial charge on any atom is -0.467 e. The van der Waals surface area contributed by atoms with Crippen molar-refractivity contribution in [2.45, 2.75) is 51.1 Å². The summed E-state index contributed by atoms with van der Waals surface area (Å²) in [5.41, 5.74) is 1.76. The van der Waals surface area contributed by atoms with E-state index in [0.29, 0.717) is 18.3 Å². The Kier molecular flexibility index (Phi) is 5.28. The Labute approximate surface area is 163 Å². The summed E-state index contributed by atoms with van der Waals surface area (Å²) < 4.78 is 21.4. The van der Waals surface area contributed by atoms with Crippen molar-refractivity contribution in [1.29, 1.82) is 0 Å². The van der Waals surface area contributed by atoms with Crippen molar-refractivity contribution >= 4 is 5.91 Å². The predicted molar refractivity (Wildman–Crippen MR) is 103 cm³/mol. The van der Waals surface area contributed by atoms with Crippen molar-refractivity contribution in [3.05, 3.63) is 77.5 Å². The topological polar surface area (TPSA) is 60.1 Å². The smallest absolute Gasteiger partial charge is 0.221 e. The van der Waals surface area contributed by atoms with E-state index in [1.54, 1.807) is 18.4 Å². The number of aryl methyl sites for hydroxylation is 1. The van der Waals surface area contributed by atoms with Crippen LogP contribution in [0.5, 0.6) is 0 Å². The number of imidazole rings is 1. The number of hydrogen-bond acceptors (Lipinski definition) is 3. The maximum absolute atomic E-state index is 13.9. The predicted octanol–water partition coefficient (Wildman–Crippen LogP) is 4.35. The summed E-state index contributed by atoms with van der Waals surface area (Å²) in [6.45, 7) is 2.51. The van der Waals surface area contributed by atoms with Gasteiger partial charge in [0.2, 0.25) is 5.91 Å². The molecule has 3 heterocycles. The quantitative estimate of drug-likeness (QED) is 0.690. The van der Waals surface area contributed by atoms with Gasteiger partial charge in [0.05, 0.1) is 12.8 Å². The van der Waals surface area contributed by atoms with Crippen LogP contribution in [-0.4, -0.2) is 15.5 Å². The Balaban J connectivity index is 1.61. The van der Waals surface area contributed by atoms with Crippen LogP contribution < -0.4 is 5.32 Å². The molecule has 0 spiro atoms. The summed E-state index contributed by atoms with van der Waals surface area (Å²) in [5.74, 6) is 1.08. The number of aromatic nitrogens is 2. The molecular weight excluding hydrogens is 357 g/mol. The molecule has 0 unspecified atom stereocenters. The molecule has 2 atom stereocenters. The lowest BCUT2D eigenvalue weighted by Gasteiger charge is -2.27. The average Bonchev–Trinajstić information content (AvgIpc) is 3.35. The molecule has 146 valence electrons. The van der Waals surface area contributed by atoms with E-state index in [0.717, 1.165) is 36.3 Å². The Bertz CT molecular complexity index is 949. The number of furan rings is 1. The zero-order chi connectivity index (χ0) is 19.5. The number of fused-ring (bicyclic) bond motifs is 1. The molecule has 0 saturated heterocycles. The zero-order valence-corrected chi connectivity index (χ0v) is 15.9. The highest BCUT2D eigenvalue weighted by atomic mass is 19.1. The van der Waals surface area contributed by atoms with Crippen molar-refractivity contribution in [2.75, 3.05) is 0 Å². The minimum absolute atomic E-state index is 0.107. The number of carbonyl (C=O) groups excluding carboxylic acids is 1. The lowest BCUT2D eigenvalue weighted by Crippen LogP contribution is -2.26. The molecule has 28 heavy (non-hydrogen) atoms. The second-order valence-corrected chi connectivity index (χ2v) is 7.38. The van der Waals surface area contributed by atoms with Gasteiger partial charge in [-0.1, -0.05) is 12.1 Å². The lowest BCUT2D eigenvalue weighted by molar-refractivity contribution is -0.121. The van der Waals surface area contributed by atoms with E-state index in [4.69, 9.17) is 4.42 Å². The van der Waals surface area contributed by atoms with Crippen LogP contribution >= 0.6 is 0 Å². The molecule has 3 aromatic rings. The summed E-state index contributed by atoms with van der Waals surface area (Å²) in [6, 6.07) is 10.4. The second kappa shape index (κ2) is 8.00. The van der Waals surface area contributed by atoms with Crippen molar-refractivity contribution in [2.24, 2.45) is 0 Å². The lowest BCUT2D eigenvalue weighted by atomic mass is 9.91. The van der Waals surface area contributed by atoms with Crippen molar-refractivity contribution in [1.82, 2.24) is 14.9 Å². The first-order valence-electron chi connectivity index (χ1n) is 9.72. The van der Waals surface area contributed by atoms with E-state index in [1.165, 1.54) is 12.1 Å². The Morgan fingerprint density at radius 3 is 3.07 bits per heavy atom. The van der Waals surface area contributed by atoms with Crippen molar-refractivity contribution < 1.29 is 13.6 Å². The summed E-state index contributed by atoms with van der Waals surface area (Å²) in [6.07, 6.45) is 6.79. The largest absolute Gasteiger partial charge is 0.467 e. The third kappa shape index (κ3) is 3.86. The fraction of sp³-hybridized carbons (Fsp3) is 0.364. The van der Waals surface area contributed by atoms with Gasteiger partial charge in [0.25, 0.3) is 0 Å². The van der Waals surface area contributed by atoms with Gasteiger partial charge in [-0.2, -0.15) is 0 Å². The highest BCUT2D eigenvalue weighted by Gasteiger charge is 2.27. The van der Waals surface area contributed by atoms with Crippen LogP contribution in [0.3, 0.4) is 0 Å². The molecule has 2 aromatic heterocycles. The second-order valence-electron chi connectivity index (χ2n) is 7.38. The van der Waals surface area contributed by atoms with Crippen molar-refractivity contribution in [3.8, 4) is 0 Å². The first-order valence-corrected chi connectivity index (χ1v) is 9.72. The van der Waals surface area contributed by atoms with E-state index in [9.17, 15) is 9.18 Å². The SMILES string of the molecule is C[C@@H]1CCCc2ncc([C@H](CC(=O)NCc3ccco3)c3cccc(F)c3)n21. The molecule has 0 aliphatic carbocycles. The number of hydrogen-bond donors (Lipinski definition) is 1. The van der Waals surface area contributed by atoms with Gasteiger partial charge in [-0.25, -0.2) is 9.37 Å². The summed E-state index contributed by atoms with van der Waals surface area (Å²) in [5, 5.41) is 2.90. The molecule has 0 radical (unpaired) electrons.